The largest absolute Gasteiger partial charge is 0.352 e. The molecule has 0 saturated carbocycles. The minimum atomic E-state index is -0.110. The predicted octanol–water partition coefficient (Wildman–Crippen LogP) is 1.45. The van der Waals surface area contributed by atoms with Gasteiger partial charge in [0.05, 0.1) is 5.38 Å². The first-order chi connectivity index (χ1) is 5.11. The van der Waals surface area contributed by atoms with Crippen LogP contribution in [-0.4, -0.2) is 17.3 Å². The monoisotopic (exact) mass is 173 g/mol. The summed E-state index contributed by atoms with van der Waals surface area (Å²) in [6, 6.07) is 0.0988. The molecule has 0 radical (unpaired) electrons. The third kappa shape index (κ3) is 1.96. The molecule has 3 heteroatoms. The van der Waals surface area contributed by atoms with Crippen LogP contribution in [0.15, 0.2) is 12.2 Å². The highest BCUT2D eigenvalue weighted by Crippen LogP contribution is 2.19. The van der Waals surface area contributed by atoms with Gasteiger partial charge >= 0.3 is 0 Å². The van der Waals surface area contributed by atoms with Crippen LogP contribution in [0.4, 0.5) is 0 Å². The molecule has 1 aliphatic heterocycles. The van der Waals surface area contributed by atoms with Gasteiger partial charge in [-0.15, -0.1) is 11.6 Å². The Bertz CT molecular complexity index is 191. The van der Waals surface area contributed by atoms with Gasteiger partial charge in [0, 0.05) is 12.5 Å². The Hall–Kier alpha value is -0.500. The van der Waals surface area contributed by atoms with Gasteiger partial charge < -0.3 is 5.32 Å². The lowest BCUT2D eigenvalue weighted by Gasteiger charge is -2.16. The van der Waals surface area contributed by atoms with Crippen LogP contribution in [0.3, 0.4) is 0 Å². The summed E-state index contributed by atoms with van der Waals surface area (Å²) in [5.41, 5.74) is 0.916. The number of carbonyl (C=O) groups is 1. The number of amides is 1. The summed E-state index contributed by atoms with van der Waals surface area (Å²) in [5, 5.41) is 2.69. The van der Waals surface area contributed by atoms with Crippen molar-refractivity contribution >= 4 is 17.5 Å². The summed E-state index contributed by atoms with van der Waals surface area (Å²) >= 11 is 5.97. The third-order valence-electron chi connectivity index (χ3n) is 1.85. The summed E-state index contributed by atoms with van der Waals surface area (Å²) < 4.78 is 0. The van der Waals surface area contributed by atoms with Crippen LogP contribution < -0.4 is 5.32 Å². The van der Waals surface area contributed by atoms with Gasteiger partial charge in [0.1, 0.15) is 0 Å². The highest BCUT2D eigenvalue weighted by Gasteiger charge is 2.27. The van der Waals surface area contributed by atoms with Crippen molar-refractivity contribution in [2.45, 2.75) is 31.2 Å². The highest BCUT2D eigenvalue weighted by atomic mass is 35.5. The van der Waals surface area contributed by atoms with Gasteiger partial charge in [-0.25, -0.2) is 0 Å². The van der Waals surface area contributed by atoms with Crippen LogP contribution in [0.2, 0.25) is 0 Å². The van der Waals surface area contributed by atoms with E-state index in [1.54, 1.807) is 0 Å². The van der Waals surface area contributed by atoms with Gasteiger partial charge in [-0.2, -0.15) is 0 Å². The number of halogens is 1. The topological polar surface area (TPSA) is 29.1 Å². The Morgan fingerprint density at radius 1 is 1.91 bits per heavy atom. The number of hydrogen-bond donors (Lipinski definition) is 1. The van der Waals surface area contributed by atoms with Crippen molar-refractivity contribution in [3.63, 3.8) is 0 Å². The lowest BCUT2D eigenvalue weighted by atomic mass is 10.1. The Balaban J connectivity index is 2.49. The predicted molar refractivity (Wildman–Crippen MR) is 45.6 cm³/mol. The van der Waals surface area contributed by atoms with Crippen LogP contribution in [0.5, 0.6) is 0 Å². The van der Waals surface area contributed by atoms with Gasteiger partial charge in [-0.1, -0.05) is 12.2 Å². The first kappa shape index (κ1) is 8.60. The van der Waals surface area contributed by atoms with Crippen LogP contribution in [0, 0.1) is 0 Å². The van der Waals surface area contributed by atoms with Crippen molar-refractivity contribution in [1.29, 1.82) is 0 Å². The second-order valence-corrected chi connectivity index (χ2v) is 3.43. The molecule has 0 aromatic rings. The summed E-state index contributed by atoms with van der Waals surface area (Å²) in [6.45, 7) is 5.62. The average molecular weight is 174 g/mol. The maximum Gasteiger partial charge on any atom is 0.220 e. The molecule has 2 atom stereocenters. The standard InChI is InChI=1S/C8H12ClNO/c1-5(2)8(9)6-3-4-7(11)10-6/h6,8H,1,3-4H2,2H3,(H,10,11)/t6-,8-/m0/s1. The SMILES string of the molecule is C=C(C)[C@H](Cl)[C@@H]1CCC(=O)N1. The number of hydrogen-bond acceptors (Lipinski definition) is 1. The number of alkyl halides is 1. The van der Waals surface area contributed by atoms with E-state index in [1.807, 2.05) is 6.92 Å². The normalized spacial score (nSPS) is 26.4. The minimum Gasteiger partial charge on any atom is -0.352 e. The number of carbonyl (C=O) groups excluding carboxylic acids is 1. The molecule has 11 heavy (non-hydrogen) atoms. The lowest BCUT2D eigenvalue weighted by molar-refractivity contribution is -0.119. The maximum atomic E-state index is 10.8. The van der Waals surface area contributed by atoms with E-state index in [2.05, 4.69) is 11.9 Å². The van der Waals surface area contributed by atoms with E-state index in [0.29, 0.717) is 6.42 Å². The highest BCUT2D eigenvalue weighted by molar-refractivity contribution is 6.23. The van der Waals surface area contributed by atoms with Crippen molar-refractivity contribution < 1.29 is 4.79 Å². The lowest BCUT2D eigenvalue weighted by Crippen LogP contribution is -2.33. The molecular formula is C8H12ClNO. The Morgan fingerprint density at radius 2 is 2.55 bits per heavy atom. The molecule has 0 bridgehead atoms. The quantitative estimate of drug-likeness (QED) is 0.497. The Labute approximate surface area is 71.6 Å². The second-order valence-electron chi connectivity index (χ2n) is 2.96. The molecule has 1 amide bonds. The molecule has 1 saturated heterocycles. The maximum absolute atomic E-state index is 10.8. The molecule has 1 fully saturated rings. The summed E-state index contributed by atoms with van der Waals surface area (Å²) in [6.07, 6.45) is 1.43. The van der Waals surface area contributed by atoms with E-state index in [-0.39, 0.29) is 17.3 Å². The molecule has 0 aromatic heterocycles. The van der Waals surface area contributed by atoms with Crippen LogP contribution in [0.25, 0.3) is 0 Å². The molecule has 62 valence electrons. The second kappa shape index (κ2) is 3.26. The number of rotatable bonds is 2. The smallest absolute Gasteiger partial charge is 0.220 e. The van der Waals surface area contributed by atoms with E-state index in [9.17, 15) is 4.79 Å². The number of nitrogens with one attached hydrogen (secondary N) is 1. The Kier molecular flexibility index (Phi) is 2.55. The van der Waals surface area contributed by atoms with Crippen molar-refractivity contribution in [3.8, 4) is 0 Å². The summed E-state index contributed by atoms with van der Waals surface area (Å²) in [5.74, 6) is 0.0990. The molecule has 1 rings (SSSR count). The Morgan fingerprint density at radius 3 is 2.91 bits per heavy atom. The van der Waals surface area contributed by atoms with Gasteiger partial charge in [0.2, 0.25) is 5.91 Å². The molecule has 1 aliphatic rings. The fraction of sp³-hybridized carbons (Fsp3) is 0.625. The van der Waals surface area contributed by atoms with Crippen LogP contribution in [-0.2, 0) is 4.79 Å². The fourth-order valence-electron chi connectivity index (χ4n) is 1.20. The zero-order chi connectivity index (χ0) is 8.43. The summed E-state index contributed by atoms with van der Waals surface area (Å²) in [4.78, 5) is 10.8. The van der Waals surface area contributed by atoms with Gasteiger partial charge in [0.15, 0.2) is 0 Å². The molecule has 1 heterocycles. The first-order valence-corrected chi connectivity index (χ1v) is 4.13. The van der Waals surface area contributed by atoms with Crippen molar-refractivity contribution in [2.75, 3.05) is 0 Å². The van der Waals surface area contributed by atoms with E-state index in [4.69, 9.17) is 11.6 Å². The molecular weight excluding hydrogens is 162 g/mol. The molecule has 0 aromatic carbocycles. The average Bonchev–Trinajstić information content (AvgIpc) is 2.34. The molecule has 0 spiro atoms. The van der Waals surface area contributed by atoms with E-state index < -0.39 is 0 Å². The van der Waals surface area contributed by atoms with E-state index >= 15 is 0 Å². The molecule has 2 nitrogen and oxygen atoms in total. The van der Waals surface area contributed by atoms with Crippen molar-refractivity contribution in [3.05, 3.63) is 12.2 Å². The minimum absolute atomic E-state index is 0.0988. The van der Waals surface area contributed by atoms with E-state index in [1.165, 1.54) is 0 Å². The molecule has 0 unspecified atom stereocenters. The van der Waals surface area contributed by atoms with E-state index in [0.717, 1.165) is 12.0 Å². The van der Waals surface area contributed by atoms with Crippen molar-refractivity contribution in [1.82, 2.24) is 5.32 Å². The molecule has 0 aliphatic carbocycles. The van der Waals surface area contributed by atoms with Gasteiger partial charge in [-0.05, 0) is 13.3 Å². The summed E-state index contributed by atoms with van der Waals surface area (Å²) in [7, 11) is 0. The zero-order valence-electron chi connectivity index (χ0n) is 6.56. The fourth-order valence-corrected chi connectivity index (χ4v) is 1.39. The van der Waals surface area contributed by atoms with Crippen LogP contribution >= 0.6 is 11.6 Å². The van der Waals surface area contributed by atoms with Gasteiger partial charge in [0.25, 0.3) is 0 Å². The third-order valence-corrected chi connectivity index (χ3v) is 2.53. The van der Waals surface area contributed by atoms with Gasteiger partial charge in [-0.3, -0.25) is 4.79 Å². The van der Waals surface area contributed by atoms with Crippen LogP contribution in [0.1, 0.15) is 19.8 Å². The molecule has 1 N–H and O–H groups in total. The van der Waals surface area contributed by atoms with Crippen molar-refractivity contribution in [2.24, 2.45) is 0 Å². The first-order valence-electron chi connectivity index (χ1n) is 3.70. The zero-order valence-corrected chi connectivity index (χ0v) is 7.32.